The van der Waals surface area contributed by atoms with Crippen LogP contribution < -0.4 is 5.73 Å². The quantitative estimate of drug-likeness (QED) is 0.901. The van der Waals surface area contributed by atoms with Gasteiger partial charge in [0.25, 0.3) is 0 Å². The number of nitrogens with zero attached hydrogens (tertiary/aromatic N) is 2. The van der Waals surface area contributed by atoms with Gasteiger partial charge in [-0.3, -0.25) is 0 Å². The van der Waals surface area contributed by atoms with Gasteiger partial charge < -0.3 is 5.73 Å². The van der Waals surface area contributed by atoms with E-state index in [9.17, 15) is 0 Å². The molecule has 4 bridgehead atoms. The summed E-state index contributed by atoms with van der Waals surface area (Å²) in [5.41, 5.74) is 7.36. The SMILES string of the molecule is CC(N)c1nnc(C23CC4CC(C)(CC(C)(C4)C2)C3)s1. The van der Waals surface area contributed by atoms with Gasteiger partial charge in [0.2, 0.25) is 0 Å². The third-order valence-corrected chi connectivity index (χ3v) is 7.28. The molecule has 4 heteroatoms. The minimum atomic E-state index is 0.0151. The molecule has 0 radical (unpaired) electrons. The molecule has 2 N–H and O–H groups in total. The topological polar surface area (TPSA) is 51.8 Å². The molecular weight excluding hydrogens is 266 g/mol. The summed E-state index contributed by atoms with van der Waals surface area (Å²) in [6.07, 6.45) is 8.26. The van der Waals surface area contributed by atoms with Gasteiger partial charge in [-0.15, -0.1) is 10.2 Å². The Labute approximate surface area is 125 Å². The third-order valence-electron chi connectivity index (χ3n) is 5.91. The maximum atomic E-state index is 5.98. The lowest BCUT2D eigenvalue weighted by molar-refractivity contribution is -0.110. The Kier molecular flexibility index (Phi) is 2.53. The zero-order valence-electron chi connectivity index (χ0n) is 12.8. The van der Waals surface area contributed by atoms with E-state index in [-0.39, 0.29) is 6.04 Å². The largest absolute Gasteiger partial charge is 0.322 e. The number of rotatable bonds is 2. The molecule has 4 aliphatic rings. The first-order valence-electron chi connectivity index (χ1n) is 7.91. The summed E-state index contributed by atoms with van der Waals surface area (Å²) in [6, 6.07) is 0.0151. The van der Waals surface area contributed by atoms with Crippen molar-refractivity contribution >= 4 is 11.3 Å². The van der Waals surface area contributed by atoms with Crippen molar-refractivity contribution in [2.45, 2.75) is 70.8 Å². The van der Waals surface area contributed by atoms with E-state index in [1.165, 1.54) is 43.5 Å². The van der Waals surface area contributed by atoms with E-state index in [4.69, 9.17) is 5.73 Å². The summed E-state index contributed by atoms with van der Waals surface area (Å²) in [5.74, 6) is 0.906. The van der Waals surface area contributed by atoms with Crippen LogP contribution in [0.25, 0.3) is 0 Å². The maximum absolute atomic E-state index is 5.98. The number of nitrogens with two attached hydrogens (primary N) is 1. The second-order valence-corrected chi connectivity index (χ2v) is 9.65. The fraction of sp³-hybridized carbons (Fsp3) is 0.875. The molecule has 5 rings (SSSR count). The van der Waals surface area contributed by atoms with E-state index < -0.39 is 0 Å². The highest BCUT2D eigenvalue weighted by Crippen LogP contribution is 2.70. The molecular formula is C16H25N3S. The zero-order valence-corrected chi connectivity index (χ0v) is 13.6. The second kappa shape index (κ2) is 3.83. The Morgan fingerprint density at radius 3 is 2.25 bits per heavy atom. The van der Waals surface area contributed by atoms with Crippen LogP contribution in [0.4, 0.5) is 0 Å². The van der Waals surface area contributed by atoms with Crippen LogP contribution in [0.15, 0.2) is 0 Å². The first-order chi connectivity index (χ1) is 9.32. The highest BCUT2D eigenvalue weighted by Gasteiger charge is 2.61. The lowest BCUT2D eigenvalue weighted by atomic mass is 9.40. The molecule has 4 aliphatic carbocycles. The Morgan fingerprint density at radius 2 is 1.75 bits per heavy atom. The minimum absolute atomic E-state index is 0.0151. The normalized spacial score (nSPS) is 47.7. The van der Waals surface area contributed by atoms with E-state index >= 15 is 0 Å². The van der Waals surface area contributed by atoms with Crippen LogP contribution in [0.5, 0.6) is 0 Å². The van der Waals surface area contributed by atoms with Gasteiger partial charge in [0, 0.05) is 5.41 Å². The van der Waals surface area contributed by atoms with Crippen molar-refractivity contribution in [3.05, 3.63) is 10.0 Å². The molecule has 4 saturated carbocycles. The zero-order chi connectivity index (χ0) is 14.2. The van der Waals surface area contributed by atoms with Crippen molar-refractivity contribution in [2.75, 3.05) is 0 Å². The van der Waals surface area contributed by atoms with Crippen molar-refractivity contribution in [2.24, 2.45) is 22.5 Å². The summed E-state index contributed by atoms with van der Waals surface area (Å²) in [7, 11) is 0. The van der Waals surface area contributed by atoms with Crippen LogP contribution in [-0.2, 0) is 5.41 Å². The summed E-state index contributed by atoms with van der Waals surface area (Å²) in [4.78, 5) is 0. The number of aromatic nitrogens is 2. The van der Waals surface area contributed by atoms with Crippen molar-refractivity contribution in [3.63, 3.8) is 0 Å². The molecule has 0 spiro atoms. The molecule has 1 aromatic heterocycles. The highest BCUT2D eigenvalue weighted by atomic mass is 32.1. The fourth-order valence-electron chi connectivity index (χ4n) is 6.32. The highest BCUT2D eigenvalue weighted by molar-refractivity contribution is 7.11. The van der Waals surface area contributed by atoms with E-state index in [0.29, 0.717) is 16.2 Å². The van der Waals surface area contributed by atoms with Crippen molar-refractivity contribution in [3.8, 4) is 0 Å². The molecule has 1 heterocycles. The third kappa shape index (κ3) is 1.80. The lowest BCUT2D eigenvalue weighted by Crippen LogP contribution is -2.56. The average Bonchev–Trinajstić information content (AvgIpc) is 2.72. The molecule has 0 amide bonds. The molecule has 20 heavy (non-hydrogen) atoms. The summed E-state index contributed by atoms with van der Waals surface area (Å²) < 4.78 is 0. The van der Waals surface area contributed by atoms with Crippen LogP contribution in [0.3, 0.4) is 0 Å². The van der Waals surface area contributed by atoms with E-state index in [2.05, 4.69) is 24.0 Å². The van der Waals surface area contributed by atoms with Gasteiger partial charge >= 0.3 is 0 Å². The standard InChI is InChI=1S/C16H25N3S/c1-10(17)12-18-19-13(20-12)16-6-11-4-14(2,8-16)7-15(3,5-11)9-16/h10-11H,4-9,17H2,1-3H3. The molecule has 3 nitrogen and oxygen atoms in total. The van der Waals surface area contributed by atoms with Crippen LogP contribution in [0.2, 0.25) is 0 Å². The molecule has 3 unspecified atom stereocenters. The van der Waals surface area contributed by atoms with Gasteiger partial charge in [-0.05, 0) is 62.2 Å². The minimum Gasteiger partial charge on any atom is -0.322 e. The summed E-state index contributed by atoms with van der Waals surface area (Å²) in [6.45, 7) is 7.03. The maximum Gasteiger partial charge on any atom is 0.133 e. The number of hydrogen-bond acceptors (Lipinski definition) is 4. The average molecular weight is 291 g/mol. The Hall–Kier alpha value is -0.480. The van der Waals surface area contributed by atoms with E-state index in [1.54, 1.807) is 11.3 Å². The van der Waals surface area contributed by atoms with Crippen LogP contribution in [0.1, 0.15) is 75.4 Å². The fourth-order valence-corrected chi connectivity index (χ4v) is 7.31. The predicted octanol–water partition coefficient (Wildman–Crippen LogP) is 3.81. The molecule has 110 valence electrons. The molecule has 0 aliphatic heterocycles. The Bertz CT molecular complexity index is 532. The molecule has 1 aromatic rings. The van der Waals surface area contributed by atoms with E-state index in [1.807, 2.05) is 6.92 Å². The van der Waals surface area contributed by atoms with Gasteiger partial charge in [-0.25, -0.2) is 0 Å². The Balaban J connectivity index is 1.76. The first-order valence-corrected chi connectivity index (χ1v) is 8.73. The lowest BCUT2D eigenvalue weighted by Gasteiger charge is -2.64. The van der Waals surface area contributed by atoms with Gasteiger partial charge in [-0.2, -0.15) is 0 Å². The van der Waals surface area contributed by atoms with Crippen molar-refractivity contribution < 1.29 is 0 Å². The molecule has 3 atom stereocenters. The van der Waals surface area contributed by atoms with Gasteiger partial charge in [0.05, 0.1) is 6.04 Å². The van der Waals surface area contributed by atoms with Crippen LogP contribution >= 0.6 is 11.3 Å². The summed E-state index contributed by atoms with van der Waals surface area (Å²) in [5, 5.41) is 11.2. The first kappa shape index (κ1) is 13.2. The monoisotopic (exact) mass is 291 g/mol. The van der Waals surface area contributed by atoms with Crippen LogP contribution in [0, 0.1) is 16.7 Å². The molecule has 0 aromatic carbocycles. The van der Waals surface area contributed by atoms with Crippen molar-refractivity contribution in [1.82, 2.24) is 10.2 Å². The number of hydrogen-bond donors (Lipinski definition) is 1. The van der Waals surface area contributed by atoms with Gasteiger partial charge in [0.1, 0.15) is 10.0 Å². The smallest absolute Gasteiger partial charge is 0.133 e. The van der Waals surface area contributed by atoms with E-state index in [0.717, 1.165) is 10.9 Å². The van der Waals surface area contributed by atoms with Gasteiger partial charge in [0.15, 0.2) is 0 Å². The second-order valence-electron chi connectivity index (χ2n) is 8.64. The van der Waals surface area contributed by atoms with Gasteiger partial charge in [-0.1, -0.05) is 25.2 Å². The van der Waals surface area contributed by atoms with Crippen molar-refractivity contribution in [1.29, 1.82) is 0 Å². The predicted molar refractivity (Wildman–Crippen MR) is 81.6 cm³/mol. The molecule has 0 saturated heterocycles. The molecule has 4 fully saturated rings. The summed E-state index contributed by atoms with van der Waals surface area (Å²) >= 11 is 1.78. The Morgan fingerprint density at radius 1 is 1.10 bits per heavy atom. The van der Waals surface area contributed by atoms with Crippen LogP contribution in [-0.4, -0.2) is 10.2 Å².